The Morgan fingerprint density at radius 1 is 1.36 bits per heavy atom. The summed E-state index contributed by atoms with van der Waals surface area (Å²) in [6, 6.07) is 7.13. The molecule has 1 saturated heterocycles. The van der Waals surface area contributed by atoms with E-state index in [1.807, 2.05) is 0 Å². The van der Waals surface area contributed by atoms with E-state index in [9.17, 15) is 13.2 Å². The van der Waals surface area contributed by atoms with Crippen LogP contribution >= 0.6 is 24.0 Å². The molecule has 0 aliphatic carbocycles. The monoisotopic (exact) mass is 359 g/mol. The van der Waals surface area contributed by atoms with E-state index in [0.29, 0.717) is 10.7 Å². The summed E-state index contributed by atoms with van der Waals surface area (Å²) in [6.07, 6.45) is 1.67. The molecule has 0 atom stereocenters. The second-order valence-corrected chi connectivity index (χ2v) is 7.64. The first-order valence-electron chi connectivity index (χ1n) is 6.15. The Hall–Kier alpha value is -1.42. The lowest BCUT2D eigenvalue weighted by Crippen LogP contribution is -2.32. The van der Waals surface area contributed by atoms with Gasteiger partial charge >= 0.3 is 0 Å². The minimum atomic E-state index is -4.14. The summed E-state index contributed by atoms with van der Waals surface area (Å²) >= 11 is 6.17. The Bertz CT molecular complexity index is 725. The van der Waals surface area contributed by atoms with Crippen molar-refractivity contribution in [3.63, 3.8) is 0 Å². The lowest BCUT2D eigenvalue weighted by molar-refractivity contribution is -0.121. The molecule has 1 amide bonds. The first-order chi connectivity index (χ1) is 10.3. The molecule has 0 saturated carbocycles. The van der Waals surface area contributed by atoms with Gasteiger partial charge in [-0.3, -0.25) is 14.2 Å². The SMILES string of the molecule is COc1ccc(C=C2SC(=S)N(CCS(=O)(=O)O)C2=O)cc1. The van der Waals surface area contributed by atoms with Crippen molar-refractivity contribution >= 4 is 50.4 Å². The number of rotatable bonds is 5. The molecule has 1 aliphatic heterocycles. The number of carbonyl (C=O) groups is 1. The molecule has 0 bridgehead atoms. The molecule has 1 aliphatic rings. The molecule has 1 aromatic carbocycles. The van der Waals surface area contributed by atoms with Crippen molar-refractivity contribution in [1.29, 1.82) is 0 Å². The molecule has 0 spiro atoms. The fourth-order valence-corrected chi connectivity index (χ4v) is 3.47. The lowest BCUT2D eigenvalue weighted by Gasteiger charge is -2.12. The van der Waals surface area contributed by atoms with E-state index >= 15 is 0 Å². The Morgan fingerprint density at radius 3 is 2.55 bits per heavy atom. The third-order valence-corrected chi connectivity index (χ3v) is 4.94. The van der Waals surface area contributed by atoms with Gasteiger partial charge in [-0.25, -0.2) is 0 Å². The first kappa shape index (κ1) is 16.9. The van der Waals surface area contributed by atoms with Crippen molar-refractivity contribution in [1.82, 2.24) is 4.90 Å². The zero-order valence-corrected chi connectivity index (χ0v) is 14.0. The van der Waals surface area contributed by atoms with Gasteiger partial charge in [0.25, 0.3) is 16.0 Å². The van der Waals surface area contributed by atoms with Crippen LogP contribution in [0.5, 0.6) is 5.75 Å². The van der Waals surface area contributed by atoms with Gasteiger partial charge in [0.2, 0.25) is 0 Å². The fourth-order valence-electron chi connectivity index (χ4n) is 1.75. The molecule has 1 aromatic rings. The van der Waals surface area contributed by atoms with Gasteiger partial charge in [0.05, 0.1) is 17.8 Å². The van der Waals surface area contributed by atoms with Crippen LogP contribution in [0.2, 0.25) is 0 Å². The summed E-state index contributed by atoms with van der Waals surface area (Å²) in [5, 5.41) is 0. The van der Waals surface area contributed by atoms with Crippen molar-refractivity contribution in [2.45, 2.75) is 0 Å². The van der Waals surface area contributed by atoms with Gasteiger partial charge in [0, 0.05) is 6.54 Å². The van der Waals surface area contributed by atoms with Crippen molar-refractivity contribution in [3.05, 3.63) is 34.7 Å². The second kappa shape index (κ2) is 6.78. The number of methoxy groups -OCH3 is 1. The number of thiocarbonyl (C=S) groups is 1. The summed E-state index contributed by atoms with van der Waals surface area (Å²) in [4.78, 5) is 13.8. The molecule has 1 heterocycles. The molecule has 118 valence electrons. The van der Waals surface area contributed by atoms with Gasteiger partial charge < -0.3 is 4.74 Å². The van der Waals surface area contributed by atoms with Crippen LogP contribution in [0.3, 0.4) is 0 Å². The highest BCUT2D eigenvalue weighted by atomic mass is 32.2. The number of carbonyl (C=O) groups excluding carboxylic acids is 1. The topological polar surface area (TPSA) is 83.9 Å². The highest BCUT2D eigenvalue weighted by Gasteiger charge is 2.32. The largest absolute Gasteiger partial charge is 0.497 e. The minimum Gasteiger partial charge on any atom is -0.497 e. The summed E-state index contributed by atoms with van der Waals surface area (Å²) in [5.74, 6) is -0.206. The van der Waals surface area contributed by atoms with Crippen molar-refractivity contribution in [2.75, 3.05) is 19.4 Å². The molecule has 1 N–H and O–H groups in total. The van der Waals surface area contributed by atoms with Crippen LogP contribution in [0, 0.1) is 0 Å². The zero-order valence-electron chi connectivity index (χ0n) is 11.6. The maximum Gasteiger partial charge on any atom is 0.266 e. The van der Waals surface area contributed by atoms with Crippen LogP contribution < -0.4 is 4.74 Å². The van der Waals surface area contributed by atoms with Gasteiger partial charge in [0.1, 0.15) is 10.1 Å². The van der Waals surface area contributed by atoms with Gasteiger partial charge in [0.15, 0.2) is 0 Å². The van der Waals surface area contributed by atoms with Gasteiger partial charge in [-0.2, -0.15) is 8.42 Å². The number of thioether (sulfide) groups is 1. The maximum atomic E-state index is 12.2. The number of ether oxygens (including phenoxy) is 1. The molecule has 2 rings (SSSR count). The normalized spacial score (nSPS) is 17.4. The molecule has 6 nitrogen and oxygen atoms in total. The predicted octanol–water partition coefficient (Wildman–Crippen LogP) is 1.78. The molecule has 0 unspecified atom stereocenters. The number of hydrogen-bond donors (Lipinski definition) is 1. The molecule has 0 aromatic heterocycles. The lowest BCUT2D eigenvalue weighted by atomic mass is 10.2. The average Bonchev–Trinajstić information content (AvgIpc) is 2.71. The Morgan fingerprint density at radius 2 is 2.00 bits per heavy atom. The first-order valence-corrected chi connectivity index (χ1v) is 8.98. The summed E-state index contributed by atoms with van der Waals surface area (Å²) in [6.45, 7) is -0.163. The quantitative estimate of drug-likeness (QED) is 0.487. The molecule has 1 fully saturated rings. The predicted molar refractivity (Wildman–Crippen MR) is 89.3 cm³/mol. The second-order valence-electron chi connectivity index (χ2n) is 4.39. The number of amides is 1. The van der Waals surface area contributed by atoms with E-state index in [2.05, 4.69) is 0 Å². The molecule has 0 radical (unpaired) electrons. The standard InChI is InChI=1S/C13H13NO5S3/c1-19-10-4-2-9(3-5-10)8-11-12(15)14(13(20)21-11)6-7-22(16,17)18/h2-5,8H,6-7H2,1H3,(H,16,17,18). The third kappa shape index (κ3) is 4.29. The van der Waals surface area contributed by atoms with Crippen LogP contribution in [0.4, 0.5) is 0 Å². The minimum absolute atomic E-state index is 0.163. The Labute approximate surface area is 137 Å². The molecular formula is C13H13NO5S3. The summed E-state index contributed by atoms with van der Waals surface area (Å²) in [7, 11) is -2.57. The van der Waals surface area contributed by atoms with E-state index in [1.54, 1.807) is 37.5 Å². The molecular weight excluding hydrogens is 346 g/mol. The third-order valence-electron chi connectivity index (χ3n) is 2.86. The van der Waals surface area contributed by atoms with E-state index in [-0.39, 0.29) is 16.8 Å². The van der Waals surface area contributed by atoms with Crippen LogP contribution in [-0.2, 0) is 14.9 Å². The van der Waals surface area contributed by atoms with Crippen LogP contribution in [0.25, 0.3) is 6.08 Å². The summed E-state index contributed by atoms with van der Waals surface area (Å²) in [5.41, 5.74) is 0.802. The van der Waals surface area contributed by atoms with Crippen molar-refractivity contribution < 1.29 is 22.5 Å². The van der Waals surface area contributed by atoms with E-state index in [4.69, 9.17) is 21.5 Å². The van der Waals surface area contributed by atoms with Gasteiger partial charge in [-0.1, -0.05) is 36.1 Å². The smallest absolute Gasteiger partial charge is 0.266 e. The Balaban J connectivity index is 2.14. The van der Waals surface area contributed by atoms with Crippen molar-refractivity contribution in [3.8, 4) is 5.75 Å². The molecule has 22 heavy (non-hydrogen) atoms. The highest BCUT2D eigenvalue weighted by Crippen LogP contribution is 2.32. The average molecular weight is 359 g/mol. The number of benzene rings is 1. The maximum absolute atomic E-state index is 12.2. The van der Waals surface area contributed by atoms with Crippen molar-refractivity contribution in [2.24, 2.45) is 0 Å². The highest BCUT2D eigenvalue weighted by molar-refractivity contribution is 8.26. The van der Waals surface area contributed by atoms with Gasteiger partial charge in [-0.05, 0) is 23.8 Å². The van der Waals surface area contributed by atoms with Gasteiger partial charge in [-0.15, -0.1) is 0 Å². The van der Waals surface area contributed by atoms with Crippen LogP contribution in [0.15, 0.2) is 29.2 Å². The van der Waals surface area contributed by atoms with E-state index < -0.39 is 15.9 Å². The molecule has 9 heteroatoms. The van der Waals surface area contributed by atoms with Crippen LogP contribution in [-0.4, -0.2) is 47.5 Å². The van der Waals surface area contributed by atoms with E-state index in [1.165, 1.54) is 4.90 Å². The summed E-state index contributed by atoms with van der Waals surface area (Å²) < 4.78 is 35.6. The Kier molecular flexibility index (Phi) is 5.22. The van der Waals surface area contributed by atoms with E-state index in [0.717, 1.165) is 17.3 Å². The zero-order chi connectivity index (χ0) is 16.3. The number of nitrogens with zero attached hydrogens (tertiary/aromatic N) is 1. The number of hydrogen-bond acceptors (Lipinski definition) is 6. The fraction of sp³-hybridized carbons (Fsp3) is 0.231. The van der Waals surface area contributed by atoms with Crippen LogP contribution in [0.1, 0.15) is 5.56 Å².